The number of nitrogens with zero attached hydrogens (tertiary/aromatic N) is 3. The Morgan fingerprint density at radius 1 is 1.29 bits per heavy atom. The number of hydrogen-bond donors (Lipinski definition) is 1. The highest BCUT2D eigenvalue weighted by molar-refractivity contribution is 5.92. The predicted octanol–water partition coefficient (Wildman–Crippen LogP) is 0.931. The molecule has 0 aromatic carbocycles. The van der Waals surface area contributed by atoms with E-state index in [9.17, 15) is 4.79 Å². The minimum atomic E-state index is -0.0285. The van der Waals surface area contributed by atoms with Crippen molar-refractivity contribution in [3.63, 3.8) is 0 Å². The Hall–Kier alpha value is -1.65. The van der Waals surface area contributed by atoms with Gasteiger partial charge in [-0.15, -0.1) is 0 Å². The highest BCUT2D eigenvalue weighted by Crippen LogP contribution is 2.37. The Labute approximate surface area is 100 Å². The van der Waals surface area contributed by atoms with Crippen molar-refractivity contribution >= 4 is 11.7 Å². The van der Waals surface area contributed by atoms with E-state index in [0.29, 0.717) is 23.3 Å². The van der Waals surface area contributed by atoms with E-state index < -0.39 is 0 Å². The van der Waals surface area contributed by atoms with Crippen LogP contribution < -0.4 is 5.73 Å². The molecule has 5 nitrogen and oxygen atoms in total. The number of carbonyl (C=O) groups is 1. The summed E-state index contributed by atoms with van der Waals surface area (Å²) in [6, 6.07) is 0. The molecule has 5 heteroatoms. The van der Waals surface area contributed by atoms with Crippen LogP contribution in [0.4, 0.5) is 5.82 Å². The van der Waals surface area contributed by atoms with Crippen LogP contribution in [0.1, 0.15) is 29.8 Å². The zero-order valence-electron chi connectivity index (χ0n) is 9.67. The van der Waals surface area contributed by atoms with Crippen molar-refractivity contribution in [3.05, 3.63) is 18.1 Å². The van der Waals surface area contributed by atoms with Crippen LogP contribution in [0, 0.1) is 11.8 Å². The molecule has 90 valence electrons. The number of carbonyl (C=O) groups excluding carboxylic acids is 1. The molecule has 2 heterocycles. The fourth-order valence-electron chi connectivity index (χ4n) is 3.05. The molecule has 1 saturated heterocycles. The highest BCUT2D eigenvalue weighted by atomic mass is 16.2. The van der Waals surface area contributed by atoms with Gasteiger partial charge in [0.2, 0.25) is 0 Å². The van der Waals surface area contributed by atoms with Crippen molar-refractivity contribution in [2.24, 2.45) is 11.8 Å². The topological polar surface area (TPSA) is 72.1 Å². The summed E-state index contributed by atoms with van der Waals surface area (Å²) in [5, 5.41) is 0. The molecule has 0 radical (unpaired) electrons. The van der Waals surface area contributed by atoms with E-state index in [2.05, 4.69) is 9.97 Å². The third-order valence-corrected chi connectivity index (χ3v) is 3.89. The van der Waals surface area contributed by atoms with Gasteiger partial charge in [0.25, 0.3) is 5.91 Å². The first-order valence-electron chi connectivity index (χ1n) is 6.11. The van der Waals surface area contributed by atoms with Crippen LogP contribution in [0.15, 0.2) is 12.4 Å². The maximum atomic E-state index is 12.2. The standard InChI is InChI=1S/C12H16N4O/c13-11-5-14-4-10(15-11)12(17)16-6-8-2-1-3-9(8)7-16/h4-5,8-9H,1-3,6-7H2,(H2,13,15). The number of fused-ring (bicyclic) bond motifs is 1. The second-order valence-corrected chi connectivity index (χ2v) is 4.99. The van der Waals surface area contributed by atoms with Crippen molar-refractivity contribution in [1.29, 1.82) is 0 Å². The number of anilines is 1. The summed E-state index contributed by atoms with van der Waals surface area (Å²) >= 11 is 0. The fourth-order valence-corrected chi connectivity index (χ4v) is 3.05. The van der Waals surface area contributed by atoms with Crippen LogP contribution in [0.3, 0.4) is 0 Å². The summed E-state index contributed by atoms with van der Waals surface area (Å²) in [4.78, 5) is 22.0. The van der Waals surface area contributed by atoms with Gasteiger partial charge in [0.1, 0.15) is 11.5 Å². The molecule has 3 rings (SSSR count). The monoisotopic (exact) mass is 232 g/mol. The lowest BCUT2D eigenvalue weighted by molar-refractivity contribution is 0.0774. The van der Waals surface area contributed by atoms with Crippen LogP contribution in [-0.2, 0) is 0 Å². The molecule has 2 unspecified atom stereocenters. The molecule has 2 N–H and O–H groups in total. The van der Waals surface area contributed by atoms with Crippen LogP contribution in [-0.4, -0.2) is 33.9 Å². The number of nitrogens with two attached hydrogens (primary N) is 1. The Morgan fingerprint density at radius 3 is 2.65 bits per heavy atom. The zero-order chi connectivity index (χ0) is 11.8. The number of aromatic nitrogens is 2. The van der Waals surface area contributed by atoms with Gasteiger partial charge in [-0.2, -0.15) is 0 Å². The van der Waals surface area contributed by atoms with Crippen molar-refractivity contribution in [3.8, 4) is 0 Å². The summed E-state index contributed by atoms with van der Waals surface area (Å²) in [6.45, 7) is 1.75. The van der Waals surface area contributed by atoms with E-state index in [-0.39, 0.29) is 5.91 Å². The highest BCUT2D eigenvalue weighted by Gasteiger charge is 2.38. The van der Waals surface area contributed by atoms with Crippen molar-refractivity contribution in [1.82, 2.24) is 14.9 Å². The lowest BCUT2D eigenvalue weighted by Gasteiger charge is -2.16. The van der Waals surface area contributed by atoms with E-state index in [1.165, 1.54) is 31.7 Å². The summed E-state index contributed by atoms with van der Waals surface area (Å²) < 4.78 is 0. The Balaban J connectivity index is 1.75. The molecular formula is C12H16N4O. The second-order valence-electron chi connectivity index (χ2n) is 4.99. The number of amides is 1. The third kappa shape index (κ3) is 1.85. The molecule has 1 aliphatic carbocycles. The summed E-state index contributed by atoms with van der Waals surface area (Å²) in [5.74, 6) is 1.68. The molecule has 1 amide bonds. The molecule has 1 saturated carbocycles. The number of likely N-dealkylation sites (tertiary alicyclic amines) is 1. The SMILES string of the molecule is Nc1cncc(C(=O)N2CC3CCCC3C2)n1. The normalized spacial score (nSPS) is 27.2. The van der Waals surface area contributed by atoms with Gasteiger partial charge >= 0.3 is 0 Å². The maximum Gasteiger partial charge on any atom is 0.274 e. The van der Waals surface area contributed by atoms with Gasteiger partial charge in [-0.1, -0.05) is 6.42 Å². The Morgan fingerprint density at radius 2 is 2.00 bits per heavy atom. The van der Waals surface area contributed by atoms with Gasteiger partial charge in [-0.25, -0.2) is 4.98 Å². The van der Waals surface area contributed by atoms with Crippen molar-refractivity contribution in [2.45, 2.75) is 19.3 Å². The van der Waals surface area contributed by atoms with Crippen LogP contribution in [0.5, 0.6) is 0 Å². The molecular weight excluding hydrogens is 216 g/mol. The zero-order valence-corrected chi connectivity index (χ0v) is 9.67. The summed E-state index contributed by atoms with van der Waals surface area (Å²) in [7, 11) is 0. The van der Waals surface area contributed by atoms with Gasteiger partial charge < -0.3 is 10.6 Å². The first-order chi connectivity index (χ1) is 8.24. The van der Waals surface area contributed by atoms with E-state index in [1.54, 1.807) is 0 Å². The quantitative estimate of drug-likeness (QED) is 0.781. The number of rotatable bonds is 1. The number of nitrogen functional groups attached to an aromatic ring is 1. The molecule has 1 aromatic rings. The first-order valence-corrected chi connectivity index (χ1v) is 6.11. The van der Waals surface area contributed by atoms with Gasteiger partial charge in [0.05, 0.1) is 12.4 Å². The lowest BCUT2D eigenvalue weighted by Crippen LogP contribution is -2.30. The minimum Gasteiger partial charge on any atom is -0.382 e. The molecule has 17 heavy (non-hydrogen) atoms. The van der Waals surface area contributed by atoms with Crippen LogP contribution in [0.25, 0.3) is 0 Å². The maximum absolute atomic E-state index is 12.2. The van der Waals surface area contributed by atoms with Crippen LogP contribution in [0.2, 0.25) is 0 Å². The van der Waals surface area contributed by atoms with E-state index in [4.69, 9.17) is 5.73 Å². The average Bonchev–Trinajstić information content (AvgIpc) is 2.88. The van der Waals surface area contributed by atoms with E-state index >= 15 is 0 Å². The fraction of sp³-hybridized carbons (Fsp3) is 0.583. The molecule has 1 aromatic heterocycles. The molecule has 2 atom stereocenters. The molecule has 0 spiro atoms. The Kier molecular flexibility index (Phi) is 2.46. The molecule has 0 bridgehead atoms. The average molecular weight is 232 g/mol. The van der Waals surface area contributed by atoms with E-state index in [1.807, 2.05) is 4.90 Å². The van der Waals surface area contributed by atoms with E-state index in [0.717, 1.165) is 13.1 Å². The predicted molar refractivity (Wildman–Crippen MR) is 63.2 cm³/mol. The van der Waals surface area contributed by atoms with Gasteiger partial charge in [0, 0.05) is 13.1 Å². The third-order valence-electron chi connectivity index (χ3n) is 3.89. The van der Waals surface area contributed by atoms with Crippen LogP contribution >= 0.6 is 0 Å². The molecule has 2 aliphatic rings. The number of hydrogen-bond acceptors (Lipinski definition) is 4. The first kappa shape index (κ1) is 10.5. The largest absolute Gasteiger partial charge is 0.382 e. The summed E-state index contributed by atoms with van der Waals surface area (Å²) in [5.41, 5.74) is 5.91. The van der Waals surface area contributed by atoms with Crippen molar-refractivity contribution in [2.75, 3.05) is 18.8 Å². The van der Waals surface area contributed by atoms with Gasteiger partial charge in [-0.05, 0) is 24.7 Å². The lowest BCUT2D eigenvalue weighted by atomic mass is 10.0. The smallest absolute Gasteiger partial charge is 0.274 e. The minimum absolute atomic E-state index is 0.0285. The van der Waals surface area contributed by atoms with Gasteiger partial charge in [-0.3, -0.25) is 9.78 Å². The van der Waals surface area contributed by atoms with Crippen molar-refractivity contribution < 1.29 is 4.79 Å². The molecule has 1 aliphatic heterocycles. The Bertz CT molecular complexity index is 436. The second kappa shape index (κ2) is 3.98. The van der Waals surface area contributed by atoms with Gasteiger partial charge in [0.15, 0.2) is 0 Å². The molecule has 2 fully saturated rings. The summed E-state index contributed by atoms with van der Waals surface area (Å²) in [6.07, 6.45) is 6.78.